The molecule has 0 radical (unpaired) electrons. The Morgan fingerprint density at radius 3 is 2.43 bits per heavy atom. The fourth-order valence-corrected chi connectivity index (χ4v) is 5.25. The highest BCUT2D eigenvalue weighted by Gasteiger charge is 2.28. The molecule has 166 valence electrons. The normalized spacial score (nSPS) is 20.0. The predicted octanol–water partition coefficient (Wildman–Crippen LogP) is 4.73. The highest BCUT2D eigenvalue weighted by molar-refractivity contribution is 7.89. The summed E-state index contributed by atoms with van der Waals surface area (Å²) in [6.07, 6.45) is 4.02. The zero-order chi connectivity index (χ0) is 21.0. The average molecular weight is 460 g/mol. The van der Waals surface area contributed by atoms with Crippen LogP contribution < -0.4 is 4.72 Å². The quantitative estimate of drug-likeness (QED) is 0.599. The average Bonchev–Trinajstić information content (AvgIpc) is 3.17. The van der Waals surface area contributed by atoms with Crippen LogP contribution in [0.2, 0.25) is 0 Å². The van der Waals surface area contributed by atoms with Gasteiger partial charge in [-0.1, -0.05) is 25.1 Å². The van der Waals surface area contributed by atoms with Gasteiger partial charge in [-0.05, 0) is 78.8 Å². The Bertz CT molecular complexity index is 938. The summed E-state index contributed by atoms with van der Waals surface area (Å²) in [7, 11) is -3.59. The molecule has 0 heterocycles. The smallest absolute Gasteiger partial charge is 0.240 e. The van der Waals surface area contributed by atoms with Crippen LogP contribution in [0.1, 0.15) is 55.6 Å². The fraction of sp³-hybridized carbons (Fsp3) is 0.455. The molecule has 0 amide bonds. The number of aliphatic hydroxyl groups is 1. The number of aliphatic hydroxyl groups excluding tert-OH is 1. The van der Waals surface area contributed by atoms with E-state index in [0.29, 0.717) is 11.8 Å². The number of hydrogen-bond acceptors (Lipinski definition) is 3. The summed E-state index contributed by atoms with van der Waals surface area (Å²) in [6.45, 7) is 1.79. The Hall–Kier alpha value is -1.54. The highest BCUT2D eigenvalue weighted by Crippen LogP contribution is 2.42. The first-order valence-electron chi connectivity index (χ1n) is 9.95. The number of benzene rings is 2. The predicted molar refractivity (Wildman–Crippen MR) is 115 cm³/mol. The number of hydrogen-bond donors (Lipinski definition) is 2. The molecule has 2 N–H and O–H groups in total. The largest absolute Gasteiger partial charge is 0.395 e. The van der Waals surface area contributed by atoms with Gasteiger partial charge in [-0.2, -0.15) is 0 Å². The minimum atomic E-state index is -3.59. The van der Waals surface area contributed by atoms with Gasteiger partial charge in [0.25, 0.3) is 0 Å². The lowest BCUT2D eigenvalue weighted by Crippen LogP contribution is -2.26. The lowest BCUT2D eigenvalue weighted by Gasteiger charge is -2.18. The van der Waals surface area contributed by atoms with E-state index < -0.39 is 21.7 Å². The third-order valence-corrected chi connectivity index (χ3v) is 7.28. The molecule has 3 atom stereocenters. The van der Waals surface area contributed by atoms with E-state index in [-0.39, 0.29) is 36.4 Å². The molecular formula is C22H28ClF2NO3S. The lowest BCUT2D eigenvalue weighted by molar-refractivity contribution is 0.301. The molecule has 1 saturated carbocycles. The van der Waals surface area contributed by atoms with Gasteiger partial charge in [-0.15, -0.1) is 12.4 Å². The molecule has 0 aliphatic heterocycles. The van der Waals surface area contributed by atoms with Crippen molar-refractivity contribution in [2.24, 2.45) is 5.92 Å². The minimum Gasteiger partial charge on any atom is -0.395 e. The van der Waals surface area contributed by atoms with Crippen molar-refractivity contribution >= 4 is 22.4 Å². The van der Waals surface area contributed by atoms with E-state index in [1.165, 1.54) is 12.1 Å². The van der Waals surface area contributed by atoms with E-state index in [1.807, 2.05) is 19.1 Å². The molecule has 1 fully saturated rings. The monoisotopic (exact) mass is 459 g/mol. The van der Waals surface area contributed by atoms with Crippen molar-refractivity contribution in [1.82, 2.24) is 4.72 Å². The van der Waals surface area contributed by atoms with Crippen molar-refractivity contribution in [3.63, 3.8) is 0 Å². The molecule has 3 rings (SSSR count). The molecule has 1 unspecified atom stereocenters. The summed E-state index contributed by atoms with van der Waals surface area (Å²) >= 11 is 0. The van der Waals surface area contributed by atoms with Crippen LogP contribution in [0, 0.1) is 17.6 Å². The lowest BCUT2D eigenvalue weighted by atomic mass is 9.88. The summed E-state index contributed by atoms with van der Waals surface area (Å²) in [6, 6.07) is 11.1. The van der Waals surface area contributed by atoms with Crippen LogP contribution in [0.5, 0.6) is 0 Å². The third-order valence-electron chi connectivity index (χ3n) is 5.81. The fourth-order valence-electron chi connectivity index (χ4n) is 4.23. The van der Waals surface area contributed by atoms with E-state index in [4.69, 9.17) is 5.11 Å². The second kappa shape index (κ2) is 10.7. The maximum absolute atomic E-state index is 13.5. The molecule has 8 heteroatoms. The van der Waals surface area contributed by atoms with Gasteiger partial charge < -0.3 is 5.11 Å². The minimum absolute atomic E-state index is 0. The number of nitrogens with one attached hydrogen (secondary N) is 1. The molecule has 0 aromatic heterocycles. The molecule has 0 saturated heterocycles. The summed E-state index contributed by atoms with van der Waals surface area (Å²) < 4.78 is 53.2. The van der Waals surface area contributed by atoms with Crippen LogP contribution in [-0.2, 0) is 10.0 Å². The van der Waals surface area contributed by atoms with Gasteiger partial charge in [-0.3, -0.25) is 0 Å². The van der Waals surface area contributed by atoms with Crippen molar-refractivity contribution in [1.29, 1.82) is 0 Å². The Balaban J connectivity index is 0.00000320. The highest BCUT2D eigenvalue weighted by atomic mass is 35.5. The van der Waals surface area contributed by atoms with Gasteiger partial charge in [0.05, 0.1) is 11.5 Å². The van der Waals surface area contributed by atoms with Gasteiger partial charge in [0, 0.05) is 6.54 Å². The third kappa shape index (κ3) is 6.00. The van der Waals surface area contributed by atoms with Crippen LogP contribution in [-0.4, -0.2) is 26.7 Å². The topological polar surface area (TPSA) is 66.4 Å². The van der Waals surface area contributed by atoms with E-state index in [1.54, 1.807) is 18.2 Å². The van der Waals surface area contributed by atoms with E-state index in [9.17, 15) is 17.2 Å². The molecular weight excluding hydrogens is 432 g/mol. The van der Waals surface area contributed by atoms with Crippen LogP contribution in [0.4, 0.5) is 8.78 Å². The van der Waals surface area contributed by atoms with Gasteiger partial charge in [0.15, 0.2) is 11.6 Å². The Kier molecular flexibility index (Phi) is 8.79. The molecule has 1 aliphatic carbocycles. The first kappa shape index (κ1) is 24.7. The molecule has 0 bridgehead atoms. The number of halogens is 3. The first-order chi connectivity index (χ1) is 13.8. The van der Waals surface area contributed by atoms with Crippen molar-refractivity contribution in [3.8, 4) is 0 Å². The van der Waals surface area contributed by atoms with Crippen LogP contribution in [0.15, 0.2) is 47.4 Å². The Labute approximate surface area is 183 Å². The molecule has 2 aromatic carbocycles. The van der Waals surface area contributed by atoms with Crippen molar-refractivity contribution in [2.45, 2.75) is 49.3 Å². The van der Waals surface area contributed by atoms with E-state index in [2.05, 4.69) is 4.72 Å². The maximum Gasteiger partial charge on any atom is 0.240 e. The molecule has 30 heavy (non-hydrogen) atoms. The maximum atomic E-state index is 13.5. The van der Waals surface area contributed by atoms with Crippen LogP contribution >= 0.6 is 12.4 Å². The zero-order valence-corrected chi connectivity index (χ0v) is 18.5. The molecule has 4 nitrogen and oxygen atoms in total. The molecule has 2 aromatic rings. The van der Waals surface area contributed by atoms with Crippen LogP contribution in [0.3, 0.4) is 0 Å². The SMILES string of the molecule is C[C@@H](CC1CC[C@H](c2ccc(S(=O)(=O)NCCO)cc2)C1)c1ccc(F)c(F)c1.Cl. The standard InChI is InChI=1S/C22H27F2NO3S.ClH/c1-15(18-6-9-21(23)22(24)14-18)12-16-2-3-19(13-16)17-4-7-20(8-5-17)29(27,28)25-10-11-26;/h4-9,14-16,19,25-26H,2-3,10-13H2,1H3;1H/t15-,16?,19-;/m0./s1. The Morgan fingerprint density at radius 1 is 1.10 bits per heavy atom. The van der Waals surface area contributed by atoms with Crippen molar-refractivity contribution in [3.05, 3.63) is 65.2 Å². The first-order valence-corrected chi connectivity index (χ1v) is 11.4. The van der Waals surface area contributed by atoms with Gasteiger partial charge in [-0.25, -0.2) is 21.9 Å². The number of rotatable bonds is 8. The van der Waals surface area contributed by atoms with Crippen molar-refractivity contribution in [2.75, 3.05) is 13.2 Å². The van der Waals surface area contributed by atoms with Gasteiger partial charge >= 0.3 is 0 Å². The van der Waals surface area contributed by atoms with E-state index >= 15 is 0 Å². The molecule has 0 spiro atoms. The summed E-state index contributed by atoms with van der Waals surface area (Å²) in [5.41, 5.74) is 1.94. The Morgan fingerprint density at radius 2 is 1.80 bits per heavy atom. The van der Waals surface area contributed by atoms with Gasteiger partial charge in [0.1, 0.15) is 0 Å². The second-order valence-corrected chi connectivity index (χ2v) is 9.64. The molecule has 1 aliphatic rings. The zero-order valence-electron chi connectivity index (χ0n) is 16.9. The van der Waals surface area contributed by atoms with Crippen molar-refractivity contribution < 1.29 is 22.3 Å². The summed E-state index contributed by atoms with van der Waals surface area (Å²) in [5, 5.41) is 8.79. The number of sulfonamides is 1. The van der Waals surface area contributed by atoms with E-state index in [0.717, 1.165) is 36.8 Å². The summed E-state index contributed by atoms with van der Waals surface area (Å²) in [5.74, 6) is -0.600. The second-order valence-electron chi connectivity index (χ2n) is 7.88. The summed E-state index contributed by atoms with van der Waals surface area (Å²) in [4.78, 5) is 0.191. The van der Waals surface area contributed by atoms with Crippen LogP contribution in [0.25, 0.3) is 0 Å². The van der Waals surface area contributed by atoms with Gasteiger partial charge in [0.2, 0.25) is 10.0 Å².